The molecule has 6 nitrogen and oxygen atoms in total. The van der Waals surface area contributed by atoms with Gasteiger partial charge in [0.25, 0.3) is 0 Å². The molecule has 0 radical (unpaired) electrons. The molecule has 100 valence electrons. The van der Waals surface area contributed by atoms with Crippen LogP contribution >= 0.6 is 0 Å². The number of amides is 2. The number of aromatic nitrogens is 1. The van der Waals surface area contributed by atoms with Gasteiger partial charge in [-0.05, 0) is 17.5 Å². The molecule has 6 heteroatoms. The molecule has 0 spiro atoms. The van der Waals surface area contributed by atoms with Crippen molar-refractivity contribution in [3.05, 3.63) is 24.0 Å². The van der Waals surface area contributed by atoms with Crippen molar-refractivity contribution < 1.29 is 19.5 Å². The van der Waals surface area contributed by atoms with Gasteiger partial charge in [-0.1, -0.05) is 13.8 Å². The lowest BCUT2D eigenvalue weighted by molar-refractivity contribution is -0.132. The van der Waals surface area contributed by atoms with E-state index in [1.165, 1.54) is 18.3 Å². The number of pyridine rings is 1. The van der Waals surface area contributed by atoms with E-state index in [4.69, 9.17) is 5.11 Å². The number of piperidine rings is 1. The van der Waals surface area contributed by atoms with Crippen LogP contribution in [0.2, 0.25) is 0 Å². The monoisotopic (exact) mass is 262 g/mol. The highest BCUT2D eigenvalue weighted by Gasteiger charge is 2.38. The van der Waals surface area contributed by atoms with Gasteiger partial charge in [-0.25, -0.2) is 14.7 Å². The number of carboxylic acids is 1. The average Bonchev–Trinajstić information content (AvgIpc) is 2.26. The highest BCUT2D eigenvalue weighted by molar-refractivity contribution is 6.16. The Kier molecular flexibility index (Phi) is 3.09. The second kappa shape index (κ2) is 4.46. The lowest BCUT2D eigenvalue weighted by Crippen LogP contribution is -2.46. The van der Waals surface area contributed by atoms with Gasteiger partial charge in [0.05, 0.1) is 11.9 Å². The zero-order valence-electron chi connectivity index (χ0n) is 10.7. The van der Waals surface area contributed by atoms with Gasteiger partial charge < -0.3 is 5.11 Å². The van der Waals surface area contributed by atoms with Crippen LogP contribution in [0.3, 0.4) is 0 Å². The van der Waals surface area contributed by atoms with Crippen molar-refractivity contribution >= 4 is 23.5 Å². The fourth-order valence-electron chi connectivity index (χ4n) is 2.11. The number of carboxylic acid groups (broad SMARTS) is 1. The van der Waals surface area contributed by atoms with Gasteiger partial charge in [0.1, 0.15) is 5.69 Å². The number of nitrogens with zero attached hydrogens (tertiary/aromatic N) is 2. The van der Waals surface area contributed by atoms with Crippen LogP contribution in [0.15, 0.2) is 18.3 Å². The number of hydrogen-bond acceptors (Lipinski definition) is 4. The Morgan fingerprint density at radius 1 is 1.26 bits per heavy atom. The van der Waals surface area contributed by atoms with Crippen LogP contribution in [0.5, 0.6) is 0 Å². The number of imide groups is 1. The third-order valence-electron chi connectivity index (χ3n) is 2.98. The molecular weight excluding hydrogens is 248 g/mol. The molecule has 2 heterocycles. The van der Waals surface area contributed by atoms with Crippen molar-refractivity contribution in [3.8, 4) is 0 Å². The number of aromatic carboxylic acids is 1. The number of rotatable bonds is 2. The van der Waals surface area contributed by atoms with E-state index in [0.717, 1.165) is 4.90 Å². The number of hydrogen-bond donors (Lipinski definition) is 1. The van der Waals surface area contributed by atoms with Crippen LogP contribution in [0.4, 0.5) is 5.69 Å². The Morgan fingerprint density at radius 3 is 2.26 bits per heavy atom. The Hall–Kier alpha value is -2.24. The maximum Gasteiger partial charge on any atom is 0.354 e. The lowest BCUT2D eigenvalue weighted by atomic mass is 9.81. The van der Waals surface area contributed by atoms with Crippen molar-refractivity contribution in [2.45, 2.75) is 26.7 Å². The topological polar surface area (TPSA) is 87.6 Å². The summed E-state index contributed by atoms with van der Waals surface area (Å²) in [5, 5.41) is 8.75. The summed E-state index contributed by atoms with van der Waals surface area (Å²) in [7, 11) is 0. The third kappa shape index (κ3) is 2.62. The molecule has 2 amide bonds. The van der Waals surface area contributed by atoms with Crippen LogP contribution in [0.1, 0.15) is 37.2 Å². The minimum absolute atomic E-state index is 0.124. The molecule has 1 saturated heterocycles. The van der Waals surface area contributed by atoms with Crippen molar-refractivity contribution in [3.63, 3.8) is 0 Å². The summed E-state index contributed by atoms with van der Waals surface area (Å²) < 4.78 is 0. The third-order valence-corrected chi connectivity index (χ3v) is 2.98. The summed E-state index contributed by atoms with van der Waals surface area (Å²) in [5.74, 6) is -1.72. The molecule has 0 aliphatic carbocycles. The maximum atomic E-state index is 12.0. The maximum absolute atomic E-state index is 12.0. The Balaban J connectivity index is 2.29. The van der Waals surface area contributed by atoms with Gasteiger partial charge in [-0.15, -0.1) is 0 Å². The first-order chi connectivity index (χ1) is 8.80. The fourth-order valence-corrected chi connectivity index (χ4v) is 2.11. The van der Waals surface area contributed by atoms with Gasteiger partial charge in [0, 0.05) is 12.8 Å². The second-order valence-corrected chi connectivity index (χ2v) is 5.35. The molecule has 0 aromatic carbocycles. The molecule has 1 fully saturated rings. The Bertz CT molecular complexity index is 528. The van der Waals surface area contributed by atoms with E-state index in [1.54, 1.807) is 0 Å². The molecule has 0 atom stereocenters. The van der Waals surface area contributed by atoms with E-state index < -0.39 is 5.97 Å². The SMILES string of the molecule is CC1(C)CC(=O)N(c2ccc(C(=O)O)nc2)C(=O)C1. The number of carbonyl (C=O) groups is 3. The summed E-state index contributed by atoms with van der Waals surface area (Å²) in [5.41, 5.74) is -0.143. The molecule has 2 rings (SSSR count). The fraction of sp³-hybridized carbons (Fsp3) is 0.385. The molecule has 19 heavy (non-hydrogen) atoms. The molecule has 1 aromatic rings. The number of carbonyl (C=O) groups excluding carboxylic acids is 2. The highest BCUT2D eigenvalue weighted by Crippen LogP contribution is 2.33. The standard InChI is InChI=1S/C13H14N2O4/c1-13(2)5-10(16)15(11(17)6-13)8-3-4-9(12(18)19)14-7-8/h3-4,7H,5-6H2,1-2H3,(H,18,19). The van der Waals surface area contributed by atoms with E-state index in [0.29, 0.717) is 5.69 Å². The van der Waals surface area contributed by atoms with E-state index in [9.17, 15) is 14.4 Å². The van der Waals surface area contributed by atoms with Crippen LogP contribution in [-0.4, -0.2) is 27.9 Å². The molecule has 0 bridgehead atoms. The molecule has 0 saturated carbocycles. The zero-order chi connectivity index (χ0) is 14.2. The average molecular weight is 262 g/mol. The van der Waals surface area contributed by atoms with Crippen molar-refractivity contribution in [2.75, 3.05) is 4.90 Å². The minimum atomic E-state index is -1.15. The summed E-state index contributed by atoms with van der Waals surface area (Å²) in [4.78, 5) is 39.5. The molecule has 1 aliphatic heterocycles. The molecule has 0 unspecified atom stereocenters. The lowest BCUT2D eigenvalue weighted by Gasteiger charge is -2.34. The van der Waals surface area contributed by atoms with E-state index in [-0.39, 0.29) is 35.8 Å². The van der Waals surface area contributed by atoms with Gasteiger partial charge >= 0.3 is 5.97 Å². The largest absolute Gasteiger partial charge is 0.477 e. The molecular formula is C13H14N2O4. The van der Waals surface area contributed by atoms with Crippen LogP contribution in [0.25, 0.3) is 0 Å². The quantitative estimate of drug-likeness (QED) is 0.815. The van der Waals surface area contributed by atoms with Crippen LogP contribution in [-0.2, 0) is 9.59 Å². The van der Waals surface area contributed by atoms with Crippen molar-refractivity contribution in [2.24, 2.45) is 5.41 Å². The predicted octanol–water partition coefficient (Wildman–Crippen LogP) is 1.46. The van der Waals surface area contributed by atoms with E-state index in [1.807, 2.05) is 13.8 Å². The number of anilines is 1. The van der Waals surface area contributed by atoms with Gasteiger partial charge in [0.2, 0.25) is 11.8 Å². The van der Waals surface area contributed by atoms with Gasteiger partial charge in [-0.3, -0.25) is 9.59 Å². The van der Waals surface area contributed by atoms with Crippen molar-refractivity contribution in [1.82, 2.24) is 4.98 Å². The van der Waals surface area contributed by atoms with Crippen molar-refractivity contribution in [1.29, 1.82) is 0 Å². The highest BCUT2D eigenvalue weighted by atomic mass is 16.4. The summed E-state index contributed by atoms with van der Waals surface area (Å²) in [6.07, 6.45) is 1.79. The van der Waals surface area contributed by atoms with Crippen LogP contribution in [0, 0.1) is 5.41 Å². The first-order valence-corrected chi connectivity index (χ1v) is 5.85. The van der Waals surface area contributed by atoms with Crippen LogP contribution < -0.4 is 4.90 Å². The molecule has 1 aliphatic rings. The Morgan fingerprint density at radius 2 is 1.84 bits per heavy atom. The second-order valence-electron chi connectivity index (χ2n) is 5.35. The summed E-state index contributed by atoms with van der Waals surface area (Å²) in [6, 6.07) is 2.70. The van der Waals surface area contributed by atoms with Gasteiger partial charge in [0.15, 0.2) is 0 Å². The summed E-state index contributed by atoms with van der Waals surface area (Å²) in [6.45, 7) is 3.73. The first-order valence-electron chi connectivity index (χ1n) is 5.85. The summed E-state index contributed by atoms with van der Waals surface area (Å²) >= 11 is 0. The van der Waals surface area contributed by atoms with Gasteiger partial charge in [-0.2, -0.15) is 0 Å². The zero-order valence-corrected chi connectivity index (χ0v) is 10.7. The normalized spacial score (nSPS) is 18.5. The molecule has 1 aromatic heterocycles. The Labute approximate surface area is 110 Å². The minimum Gasteiger partial charge on any atom is -0.477 e. The smallest absolute Gasteiger partial charge is 0.354 e. The van der Waals surface area contributed by atoms with E-state index in [2.05, 4.69) is 4.98 Å². The predicted molar refractivity (Wildman–Crippen MR) is 66.7 cm³/mol. The molecule has 1 N–H and O–H groups in total. The first kappa shape index (κ1) is 13.2. The van der Waals surface area contributed by atoms with E-state index >= 15 is 0 Å².